The molecule has 0 aliphatic carbocycles. The summed E-state index contributed by atoms with van der Waals surface area (Å²) in [6, 6.07) is 28.7. The molecule has 1 N–H and O–H groups in total. The number of amides is 1. The number of allylic oxidation sites excluding steroid dienone is 1. The number of ketones is 2. The first-order chi connectivity index (χ1) is 21.7. The Labute approximate surface area is 263 Å². The molecule has 1 saturated heterocycles. The van der Waals surface area contributed by atoms with Gasteiger partial charge >= 0.3 is 0 Å². The van der Waals surface area contributed by atoms with Crippen molar-refractivity contribution in [3.05, 3.63) is 131 Å². The number of hydrogen-bond acceptors (Lipinski definition) is 5. The quantitative estimate of drug-likeness (QED) is 0.230. The van der Waals surface area contributed by atoms with Crippen LogP contribution >= 0.6 is 0 Å². The zero-order chi connectivity index (χ0) is 31.5. The number of Topliss-reactive ketones (excluding diaryl/α,β-unsaturated/α-hetero) is 2. The maximum atomic E-state index is 15.1. The summed E-state index contributed by atoms with van der Waals surface area (Å²) >= 11 is 0. The Bertz CT molecular complexity index is 1870. The molecule has 3 aliphatic heterocycles. The molecule has 3 heterocycles. The first-order valence-corrected chi connectivity index (χ1v) is 15.5. The number of hydrogen-bond donors (Lipinski definition) is 1. The summed E-state index contributed by atoms with van der Waals surface area (Å²) in [5, 5.41) is 3.11. The first-order valence-electron chi connectivity index (χ1n) is 15.5. The molecule has 0 saturated carbocycles. The van der Waals surface area contributed by atoms with E-state index in [1.54, 1.807) is 31.4 Å². The molecule has 1 fully saturated rings. The lowest BCUT2D eigenvalue weighted by Gasteiger charge is -2.39. The topological polar surface area (TPSA) is 75.7 Å². The van der Waals surface area contributed by atoms with Gasteiger partial charge in [0, 0.05) is 28.1 Å². The van der Waals surface area contributed by atoms with Gasteiger partial charge in [-0.25, -0.2) is 0 Å². The number of carbonyl (C=O) groups excluding carboxylic acids is 3. The highest BCUT2D eigenvalue weighted by Crippen LogP contribution is 2.58. The Kier molecular flexibility index (Phi) is 6.96. The van der Waals surface area contributed by atoms with Gasteiger partial charge in [0.15, 0.2) is 11.6 Å². The minimum Gasteiger partial charge on any atom is -0.497 e. The summed E-state index contributed by atoms with van der Waals surface area (Å²) in [6.45, 7) is 6.36. The third-order valence-corrected chi connectivity index (χ3v) is 9.67. The Morgan fingerprint density at radius 1 is 0.889 bits per heavy atom. The molecule has 0 unspecified atom stereocenters. The van der Waals surface area contributed by atoms with E-state index in [9.17, 15) is 9.59 Å². The molecule has 226 valence electrons. The molecular formula is C39H36N2O4. The van der Waals surface area contributed by atoms with Crippen molar-refractivity contribution in [1.29, 1.82) is 0 Å². The lowest BCUT2D eigenvalue weighted by atomic mass is 9.64. The predicted octanol–water partition coefficient (Wildman–Crippen LogP) is 7.14. The van der Waals surface area contributed by atoms with Crippen LogP contribution in [-0.2, 0) is 16.6 Å². The van der Waals surface area contributed by atoms with Crippen LogP contribution in [0.25, 0.3) is 5.57 Å². The number of ether oxygens (including phenoxy) is 1. The zero-order valence-electron chi connectivity index (χ0n) is 25.9. The van der Waals surface area contributed by atoms with Crippen LogP contribution < -0.4 is 15.0 Å². The van der Waals surface area contributed by atoms with Gasteiger partial charge in [-0.3, -0.25) is 14.4 Å². The molecule has 3 aliphatic rings. The van der Waals surface area contributed by atoms with Crippen LogP contribution in [0.4, 0.5) is 11.4 Å². The summed E-state index contributed by atoms with van der Waals surface area (Å²) in [6.07, 6.45) is 2.97. The van der Waals surface area contributed by atoms with Crippen molar-refractivity contribution in [3.8, 4) is 5.75 Å². The molecule has 45 heavy (non-hydrogen) atoms. The Morgan fingerprint density at radius 3 is 2.38 bits per heavy atom. The number of rotatable bonds is 7. The lowest BCUT2D eigenvalue weighted by Crippen LogP contribution is -2.51. The second-order valence-electron chi connectivity index (χ2n) is 12.8. The summed E-state index contributed by atoms with van der Waals surface area (Å²) in [5.74, 6) is -0.719. The smallest absolute Gasteiger partial charge is 0.238 e. The Balaban J connectivity index is 1.50. The van der Waals surface area contributed by atoms with E-state index in [1.165, 1.54) is 0 Å². The van der Waals surface area contributed by atoms with Gasteiger partial charge in [0.05, 0.1) is 19.1 Å². The minimum atomic E-state index is -1.35. The number of nitrogens with one attached hydrogen (secondary N) is 1. The van der Waals surface area contributed by atoms with Gasteiger partial charge < -0.3 is 15.0 Å². The fourth-order valence-electron chi connectivity index (χ4n) is 7.79. The molecule has 1 amide bonds. The van der Waals surface area contributed by atoms with Gasteiger partial charge in [0.2, 0.25) is 5.91 Å². The van der Waals surface area contributed by atoms with Crippen LogP contribution in [0.15, 0.2) is 103 Å². The normalized spacial score (nSPS) is 22.9. The molecule has 0 aromatic heterocycles. The van der Waals surface area contributed by atoms with E-state index in [2.05, 4.69) is 25.2 Å². The van der Waals surface area contributed by atoms with Gasteiger partial charge in [-0.2, -0.15) is 0 Å². The fraction of sp³-hybridized carbons (Fsp3) is 0.256. The van der Waals surface area contributed by atoms with Crippen molar-refractivity contribution in [2.45, 2.75) is 44.7 Å². The fourth-order valence-corrected chi connectivity index (χ4v) is 7.79. The van der Waals surface area contributed by atoms with E-state index in [-0.39, 0.29) is 17.5 Å². The Morgan fingerprint density at radius 2 is 1.62 bits per heavy atom. The standard InChI is InChI=1S/C39H36N2O4/c1-23(2)20-25-16-18-26(19-17-25)36(42)34-35(37(43)27-10-9-11-28(22-27)45-4)41-32-15-8-5-12-29(32)24(3)21-33(41)39(34)30-13-6-7-14-31(30)40-38(39)44/h5-19,21-23,33-35H,20H2,1-4H3,(H,40,44)/t33-,34+,35-,39-/m1/s1. The second kappa shape index (κ2) is 10.9. The first kappa shape index (κ1) is 28.8. The van der Waals surface area contributed by atoms with Gasteiger partial charge in [-0.1, -0.05) is 92.7 Å². The minimum absolute atomic E-state index is 0.225. The van der Waals surface area contributed by atoms with E-state index in [1.807, 2.05) is 84.6 Å². The zero-order valence-corrected chi connectivity index (χ0v) is 25.9. The van der Waals surface area contributed by atoms with Crippen LogP contribution in [0.5, 0.6) is 5.75 Å². The summed E-state index contributed by atoms with van der Waals surface area (Å²) in [7, 11) is 1.56. The molecule has 4 atom stereocenters. The van der Waals surface area contributed by atoms with Gasteiger partial charge in [-0.05, 0) is 60.2 Å². The molecular weight excluding hydrogens is 560 g/mol. The van der Waals surface area contributed by atoms with Crippen molar-refractivity contribution >= 4 is 34.4 Å². The maximum absolute atomic E-state index is 15.1. The maximum Gasteiger partial charge on any atom is 0.238 e. The molecule has 0 radical (unpaired) electrons. The highest BCUT2D eigenvalue weighted by molar-refractivity contribution is 6.18. The van der Waals surface area contributed by atoms with E-state index >= 15 is 4.79 Å². The van der Waals surface area contributed by atoms with E-state index in [0.29, 0.717) is 28.5 Å². The van der Waals surface area contributed by atoms with Crippen LogP contribution in [0.2, 0.25) is 0 Å². The number of nitrogens with zero attached hydrogens (tertiary/aromatic N) is 1. The van der Waals surface area contributed by atoms with Gasteiger partial charge in [0.1, 0.15) is 17.2 Å². The van der Waals surface area contributed by atoms with Crippen LogP contribution in [0.1, 0.15) is 58.2 Å². The van der Waals surface area contributed by atoms with Crippen LogP contribution in [0, 0.1) is 11.8 Å². The van der Waals surface area contributed by atoms with E-state index in [4.69, 9.17) is 4.74 Å². The Hall–Kier alpha value is -4.97. The third kappa shape index (κ3) is 4.34. The number of carbonyl (C=O) groups is 3. The van der Waals surface area contributed by atoms with Gasteiger partial charge in [-0.15, -0.1) is 0 Å². The molecule has 6 nitrogen and oxygen atoms in total. The summed E-state index contributed by atoms with van der Waals surface area (Å²) < 4.78 is 5.48. The van der Waals surface area contributed by atoms with E-state index in [0.717, 1.165) is 34.4 Å². The van der Waals surface area contributed by atoms with Crippen LogP contribution in [-0.4, -0.2) is 36.7 Å². The largest absolute Gasteiger partial charge is 0.497 e. The SMILES string of the molecule is COc1cccc(C(=O)[C@H]2[C@@H](C(=O)c3ccc(CC(C)C)cc3)[C@]3(C(=O)Nc4ccccc43)[C@H]3C=C(C)c4ccccc4N23)c1. The van der Waals surface area contributed by atoms with Crippen molar-refractivity contribution in [3.63, 3.8) is 0 Å². The average molecular weight is 597 g/mol. The molecule has 1 spiro atoms. The average Bonchev–Trinajstić information content (AvgIpc) is 3.52. The predicted molar refractivity (Wildman–Crippen MR) is 177 cm³/mol. The highest BCUT2D eigenvalue weighted by atomic mass is 16.5. The van der Waals surface area contributed by atoms with Crippen LogP contribution in [0.3, 0.4) is 0 Å². The molecule has 7 rings (SSSR count). The molecule has 6 heteroatoms. The van der Waals surface area contributed by atoms with Crippen molar-refractivity contribution in [1.82, 2.24) is 0 Å². The third-order valence-electron chi connectivity index (χ3n) is 9.67. The van der Waals surface area contributed by atoms with Crippen molar-refractivity contribution in [2.75, 3.05) is 17.3 Å². The summed E-state index contributed by atoms with van der Waals surface area (Å²) in [4.78, 5) is 46.7. The number of fused-ring (bicyclic) bond motifs is 6. The number of para-hydroxylation sites is 2. The van der Waals surface area contributed by atoms with Crippen molar-refractivity contribution < 1.29 is 19.1 Å². The summed E-state index contributed by atoms with van der Waals surface area (Å²) in [5.41, 5.74) is 4.93. The molecule has 4 aromatic rings. The number of methoxy groups -OCH3 is 1. The molecule has 4 aromatic carbocycles. The van der Waals surface area contributed by atoms with Gasteiger partial charge in [0.25, 0.3) is 0 Å². The van der Waals surface area contributed by atoms with Crippen molar-refractivity contribution in [2.24, 2.45) is 11.8 Å². The number of anilines is 2. The lowest BCUT2D eigenvalue weighted by molar-refractivity contribution is -0.121. The molecule has 0 bridgehead atoms. The van der Waals surface area contributed by atoms with E-state index < -0.39 is 23.4 Å². The number of benzene rings is 4. The highest BCUT2D eigenvalue weighted by Gasteiger charge is 2.70. The monoisotopic (exact) mass is 596 g/mol. The second-order valence-corrected chi connectivity index (χ2v) is 12.8.